The second-order valence-corrected chi connectivity index (χ2v) is 5.35. The summed E-state index contributed by atoms with van der Waals surface area (Å²) in [7, 11) is 0. The van der Waals surface area contributed by atoms with E-state index in [2.05, 4.69) is 10.9 Å². The summed E-state index contributed by atoms with van der Waals surface area (Å²) in [5.41, 5.74) is 5.88. The Kier molecular flexibility index (Phi) is 4.80. The van der Waals surface area contributed by atoms with Gasteiger partial charge >= 0.3 is 0 Å². The highest BCUT2D eigenvalue weighted by Crippen LogP contribution is 2.18. The molecule has 0 radical (unpaired) electrons. The molecule has 0 saturated heterocycles. The van der Waals surface area contributed by atoms with E-state index >= 15 is 0 Å². The average Bonchev–Trinajstić information content (AvgIpc) is 2.24. The summed E-state index contributed by atoms with van der Waals surface area (Å²) >= 11 is 11.7. The molecule has 2 N–H and O–H groups in total. The molecule has 0 aliphatic rings. The fourth-order valence-corrected chi connectivity index (χ4v) is 1.60. The van der Waals surface area contributed by atoms with E-state index in [-0.39, 0.29) is 11.4 Å². The van der Waals surface area contributed by atoms with E-state index in [1.165, 1.54) is 0 Å². The molecule has 0 bridgehead atoms. The number of rotatable bonds is 4. The van der Waals surface area contributed by atoms with E-state index in [4.69, 9.17) is 23.2 Å². The number of amides is 1. The quantitative estimate of drug-likeness (QED) is 0.827. The third-order valence-corrected chi connectivity index (χ3v) is 2.96. The zero-order chi connectivity index (χ0) is 13.1. The van der Waals surface area contributed by atoms with Crippen molar-refractivity contribution >= 4 is 29.1 Å². The van der Waals surface area contributed by atoms with Gasteiger partial charge in [0.1, 0.15) is 0 Å². The van der Waals surface area contributed by atoms with Crippen LogP contribution in [0.1, 0.15) is 37.6 Å². The summed E-state index contributed by atoms with van der Waals surface area (Å²) in [6.45, 7) is 6.03. The number of carbonyl (C=O) groups excluding carboxylic acids is 1. The summed E-state index contributed by atoms with van der Waals surface area (Å²) in [5.74, 6) is -0.254. The van der Waals surface area contributed by atoms with Crippen molar-refractivity contribution in [1.29, 1.82) is 0 Å². The van der Waals surface area contributed by atoms with Crippen molar-refractivity contribution < 1.29 is 4.79 Å². The number of hydrogen-bond acceptors (Lipinski definition) is 2. The summed E-state index contributed by atoms with van der Waals surface area (Å²) in [6, 6.07) is 4.73. The maximum Gasteiger partial charge on any atom is 0.265 e. The van der Waals surface area contributed by atoms with Crippen LogP contribution in [0.3, 0.4) is 0 Å². The smallest absolute Gasteiger partial charge is 0.265 e. The molecule has 3 nitrogen and oxygen atoms in total. The molecule has 0 fully saturated rings. The lowest BCUT2D eigenvalue weighted by Crippen LogP contribution is -2.50. The van der Waals surface area contributed by atoms with Gasteiger partial charge in [0.15, 0.2) is 0 Å². The van der Waals surface area contributed by atoms with Crippen LogP contribution in [0.25, 0.3) is 0 Å². The van der Waals surface area contributed by atoms with Crippen LogP contribution in [0.2, 0.25) is 10.0 Å². The van der Waals surface area contributed by atoms with Gasteiger partial charge in [-0.15, -0.1) is 0 Å². The number of hydrogen-bond donors (Lipinski definition) is 2. The first-order valence-corrected chi connectivity index (χ1v) is 6.13. The van der Waals surface area contributed by atoms with Gasteiger partial charge in [-0.2, -0.15) is 0 Å². The SMILES string of the molecule is CCC(C)(C)NNC(=O)c1cc(Cl)cc(Cl)c1. The van der Waals surface area contributed by atoms with Crippen molar-refractivity contribution in [1.82, 2.24) is 10.9 Å². The average molecular weight is 275 g/mol. The van der Waals surface area contributed by atoms with Gasteiger partial charge in [-0.05, 0) is 38.5 Å². The highest BCUT2D eigenvalue weighted by molar-refractivity contribution is 6.35. The monoisotopic (exact) mass is 274 g/mol. The topological polar surface area (TPSA) is 41.1 Å². The Morgan fingerprint density at radius 1 is 1.24 bits per heavy atom. The summed E-state index contributed by atoms with van der Waals surface area (Å²) in [4.78, 5) is 11.8. The van der Waals surface area contributed by atoms with Crippen LogP contribution < -0.4 is 10.9 Å². The van der Waals surface area contributed by atoms with Crippen LogP contribution >= 0.6 is 23.2 Å². The number of hydrazine groups is 1. The van der Waals surface area contributed by atoms with Crippen molar-refractivity contribution in [2.24, 2.45) is 0 Å². The maximum absolute atomic E-state index is 11.8. The fraction of sp³-hybridized carbons (Fsp3) is 0.417. The number of carbonyl (C=O) groups is 1. The number of halogens is 2. The minimum atomic E-state index is -0.254. The van der Waals surface area contributed by atoms with Gasteiger partial charge in [0, 0.05) is 21.1 Å². The largest absolute Gasteiger partial charge is 0.287 e. The molecule has 5 heteroatoms. The molecule has 17 heavy (non-hydrogen) atoms. The van der Waals surface area contributed by atoms with Crippen molar-refractivity contribution in [2.75, 3.05) is 0 Å². The normalized spacial score (nSPS) is 11.4. The number of nitrogens with one attached hydrogen (secondary N) is 2. The van der Waals surface area contributed by atoms with E-state index < -0.39 is 0 Å². The highest BCUT2D eigenvalue weighted by atomic mass is 35.5. The Balaban J connectivity index is 2.70. The Hall–Kier alpha value is -0.770. The zero-order valence-corrected chi connectivity index (χ0v) is 11.6. The molecule has 94 valence electrons. The van der Waals surface area contributed by atoms with Gasteiger partial charge in [-0.3, -0.25) is 10.2 Å². The van der Waals surface area contributed by atoms with Crippen molar-refractivity contribution in [2.45, 2.75) is 32.7 Å². The lowest BCUT2D eigenvalue weighted by atomic mass is 10.0. The molecule has 1 aromatic rings. The van der Waals surface area contributed by atoms with Crippen LogP contribution in [-0.2, 0) is 0 Å². The van der Waals surface area contributed by atoms with E-state index in [1.54, 1.807) is 18.2 Å². The molecule has 0 saturated carbocycles. The van der Waals surface area contributed by atoms with E-state index in [0.717, 1.165) is 6.42 Å². The first-order valence-electron chi connectivity index (χ1n) is 5.37. The predicted molar refractivity (Wildman–Crippen MR) is 71.4 cm³/mol. The minimum absolute atomic E-state index is 0.155. The van der Waals surface area contributed by atoms with Crippen molar-refractivity contribution in [3.8, 4) is 0 Å². The Morgan fingerprint density at radius 3 is 2.24 bits per heavy atom. The van der Waals surface area contributed by atoms with Crippen LogP contribution in [0.15, 0.2) is 18.2 Å². The van der Waals surface area contributed by atoms with Crippen LogP contribution in [0.4, 0.5) is 0 Å². The standard InChI is InChI=1S/C12H16Cl2N2O/c1-4-12(2,3)16-15-11(17)8-5-9(13)7-10(14)6-8/h5-7,16H,4H2,1-3H3,(H,15,17). The molecule has 0 atom stereocenters. The molecule has 0 heterocycles. The minimum Gasteiger partial charge on any atom is -0.287 e. The first kappa shape index (κ1) is 14.3. The molecule has 0 aromatic heterocycles. The molecule has 1 amide bonds. The second kappa shape index (κ2) is 5.71. The number of benzene rings is 1. The van der Waals surface area contributed by atoms with E-state index in [0.29, 0.717) is 15.6 Å². The first-order chi connectivity index (χ1) is 7.84. The molecular formula is C12H16Cl2N2O. The predicted octanol–water partition coefficient (Wildman–Crippen LogP) is 3.42. The third kappa shape index (κ3) is 4.54. The van der Waals surface area contributed by atoms with Crippen LogP contribution in [0, 0.1) is 0 Å². The van der Waals surface area contributed by atoms with Gasteiger partial charge in [0.2, 0.25) is 0 Å². The van der Waals surface area contributed by atoms with Gasteiger partial charge in [-0.1, -0.05) is 30.1 Å². The van der Waals surface area contributed by atoms with Crippen LogP contribution in [0.5, 0.6) is 0 Å². The molecular weight excluding hydrogens is 259 g/mol. The van der Waals surface area contributed by atoms with Gasteiger partial charge in [0.05, 0.1) is 0 Å². The maximum atomic E-state index is 11.8. The van der Waals surface area contributed by atoms with Crippen LogP contribution in [-0.4, -0.2) is 11.4 Å². The fourth-order valence-electron chi connectivity index (χ4n) is 1.07. The van der Waals surface area contributed by atoms with E-state index in [1.807, 2.05) is 20.8 Å². The third-order valence-electron chi connectivity index (χ3n) is 2.52. The molecule has 0 spiro atoms. The van der Waals surface area contributed by atoms with Gasteiger partial charge < -0.3 is 0 Å². The Labute approximate surface area is 111 Å². The lowest BCUT2D eigenvalue weighted by molar-refractivity contribution is 0.0910. The van der Waals surface area contributed by atoms with Crippen molar-refractivity contribution in [3.63, 3.8) is 0 Å². The van der Waals surface area contributed by atoms with Crippen molar-refractivity contribution in [3.05, 3.63) is 33.8 Å². The Morgan fingerprint density at radius 2 is 1.76 bits per heavy atom. The van der Waals surface area contributed by atoms with E-state index in [9.17, 15) is 4.79 Å². The van der Waals surface area contributed by atoms with Gasteiger partial charge in [-0.25, -0.2) is 5.43 Å². The molecule has 0 aliphatic carbocycles. The molecule has 0 unspecified atom stereocenters. The Bertz CT molecular complexity index is 399. The zero-order valence-electron chi connectivity index (χ0n) is 10.1. The molecule has 0 aliphatic heterocycles. The van der Waals surface area contributed by atoms with Gasteiger partial charge in [0.25, 0.3) is 5.91 Å². The summed E-state index contributed by atoms with van der Waals surface area (Å²) in [6.07, 6.45) is 0.892. The summed E-state index contributed by atoms with van der Waals surface area (Å²) < 4.78 is 0. The molecule has 1 aromatic carbocycles. The summed E-state index contributed by atoms with van der Waals surface area (Å²) in [5, 5.41) is 0.884. The lowest BCUT2D eigenvalue weighted by Gasteiger charge is -2.24. The highest BCUT2D eigenvalue weighted by Gasteiger charge is 2.16. The molecule has 1 rings (SSSR count). The second-order valence-electron chi connectivity index (χ2n) is 4.47.